The predicted molar refractivity (Wildman–Crippen MR) is 124 cm³/mol. The highest BCUT2D eigenvalue weighted by Crippen LogP contribution is 2.23. The molecule has 1 atom stereocenters. The number of aromatic hydroxyl groups is 1. The number of aliphatic imine (C=N–C) groups is 1. The van der Waals surface area contributed by atoms with E-state index in [9.17, 15) is 10.2 Å². The first-order valence-corrected chi connectivity index (χ1v) is 9.21. The number of phenolic OH excluding ortho intramolecular Hbond substituents is 1. The molecule has 0 aliphatic carbocycles. The summed E-state index contributed by atoms with van der Waals surface area (Å²) in [5.74, 6) is 1.52. The van der Waals surface area contributed by atoms with Crippen molar-refractivity contribution in [2.24, 2.45) is 4.99 Å². The summed E-state index contributed by atoms with van der Waals surface area (Å²) >= 11 is 0. The van der Waals surface area contributed by atoms with Gasteiger partial charge in [-0.25, -0.2) is 0 Å². The largest absolute Gasteiger partial charge is 0.508 e. The molecular weight excluding hydrogens is 469 g/mol. The third kappa shape index (κ3) is 7.55. The molecule has 0 saturated carbocycles. The number of nitrogens with one attached hydrogen (secondary N) is 2. The minimum atomic E-state index is -0.0349. The lowest BCUT2D eigenvalue weighted by Gasteiger charge is -2.15. The van der Waals surface area contributed by atoms with Gasteiger partial charge in [-0.1, -0.05) is 36.4 Å². The van der Waals surface area contributed by atoms with Gasteiger partial charge < -0.3 is 25.6 Å². The van der Waals surface area contributed by atoms with Crippen molar-refractivity contribution in [2.45, 2.75) is 19.3 Å². The van der Waals surface area contributed by atoms with Crippen LogP contribution in [0.1, 0.15) is 24.0 Å². The van der Waals surface area contributed by atoms with Crippen LogP contribution in [0.15, 0.2) is 53.5 Å². The molecule has 2 rings (SSSR count). The van der Waals surface area contributed by atoms with Crippen LogP contribution in [0.5, 0.6) is 11.5 Å². The van der Waals surface area contributed by atoms with Crippen molar-refractivity contribution in [1.29, 1.82) is 0 Å². The second-order valence-corrected chi connectivity index (χ2v) is 6.18. The smallest absolute Gasteiger partial charge is 0.191 e. The zero-order chi connectivity index (χ0) is 19.5. The van der Waals surface area contributed by atoms with Gasteiger partial charge in [0.25, 0.3) is 0 Å². The van der Waals surface area contributed by atoms with Crippen molar-refractivity contribution in [1.82, 2.24) is 10.6 Å². The first-order valence-electron chi connectivity index (χ1n) is 9.21. The van der Waals surface area contributed by atoms with E-state index < -0.39 is 0 Å². The number of ether oxygens (including phenoxy) is 1. The Morgan fingerprint density at radius 2 is 1.89 bits per heavy atom. The number of halogens is 1. The molecule has 6 nitrogen and oxygen atoms in total. The predicted octanol–water partition coefficient (Wildman–Crippen LogP) is 2.89. The number of aliphatic hydroxyl groups excluding tert-OH is 1. The van der Waals surface area contributed by atoms with Gasteiger partial charge >= 0.3 is 0 Å². The number of nitrogens with zero attached hydrogens (tertiary/aromatic N) is 1. The van der Waals surface area contributed by atoms with Gasteiger partial charge in [0.2, 0.25) is 0 Å². The van der Waals surface area contributed by atoms with E-state index in [0.29, 0.717) is 31.2 Å². The topological polar surface area (TPSA) is 86.1 Å². The normalized spacial score (nSPS) is 12.0. The molecule has 0 amide bonds. The first-order chi connectivity index (χ1) is 13.2. The molecule has 0 aromatic heterocycles. The summed E-state index contributed by atoms with van der Waals surface area (Å²) < 4.78 is 5.10. The average Bonchev–Trinajstić information content (AvgIpc) is 2.70. The van der Waals surface area contributed by atoms with Gasteiger partial charge in [0, 0.05) is 25.1 Å². The van der Waals surface area contributed by atoms with E-state index in [0.717, 1.165) is 17.7 Å². The van der Waals surface area contributed by atoms with Crippen LogP contribution >= 0.6 is 24.0 Å². The van der Waals surface area contributed by atoms with Gasteiger partial charge in [0.1, 0.15) is 11.5 Å². The van der Waals surface area contributed by atoms with Crippen LogP contribution < -0.4 is 15.4 Å². The maximum Gasteiger partial charge on any atom is 0.191 e. The maximum atomic E-state index is 10.0. The molecule has 0 aliphatic heterocycles. The van der Waals surface area contributed by atoms with Crippen molar-refractivity contribution in [3.05, 3.63) is 59.7 Å². The molecule has 7 heteroatoms. The molecular formula is C21H30IN3O3. The van der Waals surface area contributed by atoms with Gasteiger partial charge in [-0.05, 0) is 30.5 Å². The number of methoxy groups -OCH3 is 1. The molecule has 28 heavy (non-hydrogen) atoms. The highest BCUT2D eigenvalue weighted by Gasteiger charge is 2.10. The molecule has 1 unspecified atom stereocenters. The van der Waals surface area contributed by atoms with E-state index >= 15 is 0 Å². The number of rotatable bonds is 9. The molecule has 0 heterocycles. The van der Waals surface area contributed by atoms with E-state index in [1.807, 2.05) is 49.4 Å². The second-order valence-electron chi connectivity index (χ2n) is 6.18. The minimum Gasteiger partial charge on any atom is -0.508 e. The third-order valence-electron chi connectivity index (χ3n) is 4.28. The highest BCUT2D eigenvalue weighted by molar-refractivity contribution is 14.0. The molecule has 2 aromatic carbocycles. The Labute approximate surface area is 184 Å². The van der Waals surface area contributed by atoms with E-state index in [1.165, 1.54) is 0 Å². The van der Waals surface area contributed by atoms with Crippen molar-refractivity contribution >= 4 is 29.9 Å². The number of guanidine groups is 1. The third-order valence-corrected chi connectivity index (χ3v) is 4.28. The number of aliphatic hydroxyl groups is 1. The Morgan fingerprint density at radius 1 is 1.14 bits per heavy atom. The summed E-state index contributed by atoms with van der Waals surface area (Å²) in [5, 5.41) is 26.2. The molecule has 4 N–H and O–H groups in total. The van der Waals surface area contributed by atoms with Crippen LogP contribution in [0, 0.1) is 0 Å². The monoisotopic (exact) mass is 499 g/mol. The van der Waals surface area contributed by atoms with Crippen molar-refractivity contribution in [3.8, 4) is 11.5 Å². The zero-order valence-electron chi connectivity index (χ0n) is 16.4. The summed E-state index contributed by atoms with van der Waals surface area (Å²) in [6.45, 7) is 3.92. The van der Waals surface area contributed by atoms with Crippen LogP contribution in [-0.2, 0) is 6.42 Å². The Hall–Kier alpha value is -2.00. The van der Waals surface area contributed by atoms with Crippen molar-refractivity contribution in [2.75, 3.05) is 33.4 Å². The van der Waals surface area contributed by atoms with Crippen LogP contribution in [0.4, 0.5) is 0 Å². The Kier molecular flexibility index (Phi) is 11.4. The molecule has 0 fully saturated rings. The molecule has 0 radical (unpaired) electrons. The molecule has 0 aliphatic rings. The molecule has 0 saturated heterocycles. The summed E-state index contributed by atoms with van der Waals surface area (Å²) in [6.07, 6.45) is 0.655. The van der Waals surface area contributed by atoms with Gasteiger partial charge in [-0.15, -0.1) is 24.0 Å². The lowest BCUT2D eigenvalue weighted by molar-refractivity contribution is 0.268. The number of hydrogen-bond donors (Lipinski definition) is 4. The SMILES string of the molecule is CCNC(=NCC(CO)c1ccccc1)NCCc1ccc(OC)cc1O.I. The highest BCUT2D eigenvalue weighted by atomic mass is 127. The Balaban J connectivity index is 0.00000392. The standard InChI is InChI=1S/C21H29N3O3.HI/c1-3-22-21(24-14-18(15-25)16-7-5-4-6-8-16)23-12-11-17-9-10-19(27-2)13-20(17)26;/h4-10,13,18,25-26H,3,11-12,14-15H2,1-2H3,(H2,22,23,24);1H. The fourth-order valence-electron chi connectivity index (χ4n) is 2.73. The molecule has 0 spiro atoms. The van der Waals surface area contributed by atoms with E-state index in [1.54, 1.807) is 13.2 Å². The lowest BCUT2D eigenvalue weighted by Crippen LogP contribution is -2.38. The number of benzene rings is 2. The maximum absolute atomic E-state index is 10.0. The number of phenols is 1. The van der Waals surface area contributed by atoms with Crippen LogP contribution in [0.2, 0.25) is 0 Å². The Bertz CT molecular complexity index is 726. The van der Waals surface area contributed by atoms with Gasteiger partial charge in [0.15, 0.2) is 5.96 Å². The molecule has 2 aromatic rings. The van der Waals surface area contributed by atoms with Crippen molar-refractivity contribution in [3.63, 3.8) is 0 Å². The van der Waals surface area contributed by atoms with E-state index in [-0.39, 0.29) is 42.3 Å². The lowest BCUT2D eigenvalue weighted by atomic mass is 10.0. The van der Waals surface area contributed by atoms with Crippen LogP contribution in [0.3, 0.4) is 0 Å². The minimum absolute atomic E-state index is 0. The summed E-state index contributed by atoms with van der Waals surface area (Å²) in [7, 11) is 1.57. The summed E-state index contributed by atoms with van der Waals surface area (Å²) in [5.41, 5.74) is 1.92. The van der Waals surface area contributed by atoms with Gasteiger partial charge in [-0.2, -0.15) is 0 Å². The van der Waals surface area contributed by atoms with Crippen molar-refractivity contribution < 1.29 is 14.9 Å². The van der Waals surface area contributed by atoms with E-state index in [2.05, 4.69) is 15.6 Å². The molecule has 0 bridgehead atoms. The first kappa shape index (κ1) is 24.0. The zero-order valence-corrected chi connectivity index (χ0v) is 18.7. The second kappa shape index (κ2) is 13.2. The average molecular weight is 499 g/mol. The Morgan fingerprint density at radius 3 is 2.50 bits per heavy atom. The van der Waals surface area contributed by atoms with Gasteiger partial charge in [0.05, 0.1) is 20.3 Å². The number of hydrogen-bond acceptors (Lipinski definition) is 4. The summed E-state index contributed by atoms with van der Waals surface area (Å²) in [6, 6.07) is 15.2. The van der Waals surface area contributed by atoms with Crippen LogP contribution in [0.25, 0.3) is 0 Å². The van der Waals surface area contributed by atoms with Gasteiger partial charge in [-0.3, -0.25) is 4.99 Å². The van der Waals surface area contributed by atoms with Crippen LogP contribution in [-0.4, -0.2) is 49.5 Å². The van der Waals surface area contributed by atoms with E-state index in [4.69, 9.17) is 4.74 Å². The summed E-state index contributed by atoms with van der Waals surface area (Å²) in [4.78, 5) is 4.59. The fraction of sp³-hybridized carbons (Fsp3) is 0.381. The molecule has 154 valence electrons. The quantitative estimate of drug-likeness (QED) is 0.242. The fourth-order valence-corrected chi connectivity index (χ4v) is 2.73.